The van der Waals surface area contributed by atoms with Crippen LogP contribution in [0.25, 0.3) is 91.1 Å². The lowest BCUT2D eigenvalue weighted by Crippen LogP contribution is -1.96. The second-order valence-corrected chi connectivity index (χ2v) is 13.1. The molecule has 0 unspecified atom stereocenters. The van der Waals surface area contributed by atoms with E-state index in [1.807, 2.05) is 17.4 Å². The Hall–Kier alpha value is -6.15. The molecule has 0 saturated heterocycles. The van der Waals surface area contributed by atoms with Gasteiger partial charge in [-0.2, -0.15) is 0 Å². The van der Waals surface area contributed by atoms with Crippen LogP contribution in [0.4, 0.5) is 5.69 Å². The second kappa shape index (κ2) is 9.92. The number of para-hydroxylation sites is 2. The van der Waals surface area contributed by atoms with Gasteiger partial charge in [-0.3, -0.25) is 0 Å². The summed E-state index contributed by atoms with van der Waals surface area (Å²) in [6.07, 6.45) is 0. The molecule has 10 rings (SSSR count). The van der Waals surface area contributed by atoms with Gasteiger partial charge in [0.15, 0.2) is 5.69 Å². The molecular weight excluding hydrogens is 591 g/mol. The number of thiophene rings is 1. The van der Waals surface area contributed by atoms with Gasteiger partial charge in [-0.15, -0.1) is 11.3 Å². The Bertz CT molecular complexity index is 2880. The first-order valence-corrected chi connectivity index (χ1v) is 16.5. The zero-order valence-corrected chi connectivity index (χ0v) is 26.0. The van der Waals surface area contributed by atoms with E-state index < -0.39 is 0 Å². The van der Waals surface area contributed by atoms with Crippen molar-refractivity contribution in [1.29, 1.82) is 0 Å². The molecule has 7 aromatic carbocycles. The number of fused-ring (bicyclic) bond motifs is 10. The number of nitrogens with zero attached hydrogens (tertiary/aromatic N) is 3. The van der Waals surface area contributed by atoms with Crippen molar-refractivity contribution in [2.75, 3.05) is 0 Å². The van der Waals surface area contributed by atoms with E-state index in [-0.39, 0.29) is 0 Å². The van der Waals surface area contributed by atoms with E-state index in [9.17, 15) is 0 Å². The highest BCUT2D eigenvalue weighted by Gasteiger charge is 2.18. The van der Waals surface area contributed by atoms with Gasteiger partial charge in [0.1, 0.15) is 0 Å². The number of hydrogen-bond acceptors (Lipinski definition) is 1. The molecule has 0 amide bonds. The standard InChI is InChI=1S/C43H25N3S/c1-44-29-20-22-39-36(26-29)42-40(23-21-35-34-16-4-7-19-41(34)47-43(35)42)46(39)31-13-9-11-28(25-31)27-10-8-12-30(24-27)45-37-17-5-2-14-32(37)33-15-3-6-18-38(33)45/h2-26H. The fraction of sp³-hybridized carbons (Fsp3) is 0. The molecule has 0 aliphatic carbocycles. The minimum atomic E-state index is 0.658. The van der Waals surface area contributed by atoms with Crippen molar-refractivity contribution in [3.63, 3.8) is 0 Å². The molecule has 0 spiro atoms. The lowest BCUT2D eigenvalue weighted by molar-refractivity contribution is 1.17. The first kappa shape index (κ1) is 26.1. The zero-order valence-electron chi connectivity index (χ0n) is 25.2. The summed E-state index contributed by atoms with van der Waals surface area (Å²) in [5.74, 6) is 0. The minimum Gasteiger partial charge on any atom is -0.309 e. The van der Waals surface area contributed by atoms with Crippen LogP contribution in [-0.2, 0) is 0 Å². The molecule has 4 heteroatoms. The number of benzene rings is 7. The summed E-state index contributed by atoms with van der Waals surface area (Å²) in [5, 5.41) is 7.39. The quantitative estimate of drug-likeness (QED) is 0.176. The smallest absolute Gasteiger partial charge is 0.188 e. The van der Waals surface area contributed by atoms with Gasteiger partial charge >= 0.3 is 0 Å². The summed E-state index contributed by atoms with van der Waals surface area (Å²) in [6.45, 7) is 7.75. The molecule has 3 nitrogen and oxygen atoms in total. The maximum Gasteiger partial charge on any atom is 0.188 e. The highest BCUT2D eigenvalue weighted by Crippen LogP contribution is 2.44. The number of hydrogen-bond donors (Lipinski definition) is 0. The molecule has 0 N–H and O–H groups in total. The highest BCUT2D eigenvalue weighted by molar-refractivity contribution is 7.26. The van der Waals surface area contributed by atoms with Gasteiger partial charge in [0, 0.05) is 47.7 Å². The SMILES string of the molecule is [C-]#[N+]c1ccc2c(c1)c1c3sc4ccccc4c3ccc1n2-c1cccc(-c2cccc(-n3c4ccccc4c4ccccc43)c2)c1. The van der Waals surface area contributed by atoms with Crippen LogP contribution in [0.2, 0.25) is 0 Å². The van der Waals surface area contributed by atoms with Crippen molar-refractivity contribution in [2.24, 2.45) is 0 Å². The van der Waals surface area contributed by atoms with Crippen molar-refractivity contribution in [2.45, 2.75) is 0 Å². The van der Waals surface area contributed by atoms with Crippen molar-refractivity contribution in [1.82, 2.24) is 9.13 Å². The topological polar surface area (TPSA) is 14.2 Å². The van der Waals surface area contributed by atoms with Crippen LogP contribution >= 0.6 is 11.3 Å². The molecule has 0 saturated carbocycles. The van der Waals surface area contributed by atoms with Crippen molar-refractivity contribution >= 4 is 80.8 Å². The Labute approximate surface area is 274 Å². The largest absolute Gasteiger partial charge is 0.309 e. The van der Waals surface area contributed by atoms with E-state index in [1.54, 1.807) is 0 Å². The van der Waals surface area contributed by atoms with E-state index in [4.69, 9.17) is 6.57 Å². The molecule has 0 fully saturated rings. The third-order valence-electron chi connectivity index (χ3n) is 9.51. The third-order valence-corrected chi connectivity index (χ3v) is 10.7. The summed E-state index contributed by atoms with van der Waals surface area (Å²) >= 11 is 1.84. The Balaban J connectivity index is 1.19. The van der Waals surface area contributed by atoms with Crippen molar-refractivity contribution in [3.8, 4) is 22.5 Å². The van der Waals surface area contributed by atoms with Gasteiger partial charge in [0.05, 0.1) is 28.6 Å². The van der Waals surface area contributed by atoms with Crippen molar-refractivity contribution < 1.29 is 0 Å². The first-order valence-electron chi connectivity index (χ1n) is 15.7. The molecule has 0 aliphatic rings. The average molecular weight is 616 g/mol. The average Bonchev–Trinajstić information content (AvgIpc) is 3.79. The Morgan fingerprint density at radius 2 is 1.02 bits per heavy atom. The molecule has 0 radical (unpaired) electrons. The minimum absolute atomic E-state index is 0.658. The van der Waals surface area contributed by atoms with E-state index in [1.165, 1.54) is 47.4 Å². The summed E-state index contributed by atoms with van der Waals surface area (Å²) in [5.41, 5.74) is 9.88. The molecule has 47 heavy (non-hydrogen) atoms. The molecular formula is C43H25N3S. The maximum atomic E-state index is 7.75. The van der Waals surface area contributed by atoms with Gasteiger partial charge in [-0.25, -0.2) is 4.85 Å². The molecule has 10 aromatic rings. The maximum absolute atomic E-state index is 7.75. The van der Waals surface area contributed by atoms with Crippen LogP contribution in [0, 0.1) is 6.57 Å². The third kappa shape index (κ3) is 3.78. The van der Waals surface area contributed by atoms with E-state index in [0.717, 1.165) is 38.9 Å². The lowest BCUT2D eigenvalue weighted by Gasteiger charge is -2.13. The molecule has 3 heterocycles. The van der Waals surface area contributed by atoms with Crippen LogP contribution < -0.4 is 0 Å². The van der Waals surface area contributed by atoms with E-state index in [2.05, 4.69) is 160 Å². The van der Waals surface area contributed by atoms with Crippen molar-refractivity contribution in [3.05, 3.63) is 163 Å². The zero-order chi connectivity index (χ0) is 31.1. The van der Waals surface area contributed by atoms with Gasteiger partial charge in [-0.1, -0.05) is 91.0 Å². The number of aromatic nitrogens is 2. The fourth-order valence-corrected chi connectivity index (χ4v) is 8.73. The summed E-state index contributed by atoms with van der Waals surface area (Å²) in [7, 11) is 0. The van der Waals surface area contributed by atoms with Gasteiger partial charge < -0.3 is 9.13 Å². The molecule has 218 valence electrons. The Morgan fingerprint density at radius 3 is 1.70 bits per heavy atom. The Kier molecular flexibility index (Phi) is 5.51. The summed E-state index contributed by atoms with van der Waals surface area (Å²) < 4.78 is 7.28. The van der Waals surface area contributed by atoms with Crippen LogP contribution in [0.5, 0.6) is 0 Å². The predicted octanol–water partition coefficient (Wildman–Crippen LogP) is 12.5. The second-order valence-electron chi connectivity index (χ2n) is 12.1. The van der Waals surface area contributed by atoms with Gasteiger partial charge in [0.2, 0.25) is 0 Å². The van der Waals surface area contributed by atoms with E-state index in [0.29, 0.717) is 5.69 Å². The highest BCUT2D eigenvalue weighted by atomic mass is 32.1. The van der Waals surface area contributed by atoms with Crippen LogP contribution in [0.15, 0.2) is 152 Å². The molecule has 0 aliphatic heterocycles. The molecule has 3 aromatic heterocycles. The fourth-order valence-electron chi connectivity index (χ4n) is 7.47. The first-order chi connectivity index (χ1) is 23.3. The van der Waals surface area contributed by atoms with Crippen LogP contribution in [0.1, 0.15) is 0 Å². The van der Waals surface area contributed by atoms with Crippen LogP contribution in [-0.4, -0.2) is 9.13 Å². The number of rotatable bonds is 3. The molecule has 0 atom stereocenters. The van der Waals surface area contributed by atoms with Gasteiger partial charge in [-0.05, 0) is 77.2 Å². The van der Waals surface area contributed by atoms with Crippen LogP contribution in [0.3, 0.4) is 0 Å². The van der Waals surface area contributed by atoms with E-state index >= 15 is 0 Å². The summed E-state index contributed by atoms with van der Waals surface area (Å²) in [4.78, 5) is 3.80. The lowest BCUT2D eigenvalue weighted by atomic mass is 10.0. The molecule has 0 bridgehead atoms. The van der Waals surface area contributed by atoms with Gasteiger partial charge in [0.25, 0.3) is 0 Å². The normalized spacial score (nSPS) is 11.8. The monoisotopic (exact) mass is 615 g/mol. The summed E-state index contributed by atoms with van der Waals surface area (Å²) in [6, 6.07) is 54.2. The Morgan fingerprint density at radius 1 is 0.447 bits per heavy atom. The predicted molar refractivity (Wildman–Crippen MR) is 200 cm³/mol.